The second kappa shape index (κ2) is 4.60. The molecule has 0 aliphatic carbocycles. The number of piperidine rings is 1. The van der Waals surface area contributed by atoms with E-state index in [-0.39, 0.29) is 6.10 Å². The van der Waals surface area contributed by atoms with Crippen molar-refractivity contribution in [3.8, 4) is 0 Å². The summed E-state index contributed by atoms with van der Waals surface area (Å²) >= 11 is 0. The first-order chi connectivity index (χ1) is 6.81. The fraction of sp³-hybridized carbons (Fsp3) is 1.00. The van der Waals surface area contributed by atoms with E-state index in [1.165, 1.54) is 13.0 Å². The number of aliphatic hydroxyl groups excluding tert-OH is 1. The van der Waals surface area contributed by atoms with Crippen LogP contribution in [0.2, 0.25) is 0 Å². The molecule has 3 atom stereocenters. The van der Waals surface area contributed by atoms with E-state index in [4.69, 9.17) is 0 Å². The van der Waals surface area contributed by atoms with Gasteiger partial charge in [0.25, 0.3) is 0 Å². The second-order valence-electron chi connectivity index (χ2n) is 4.68. The summed E-state index contributed by atoms with van der Waals surface area (Å²) in [7, 11) is 0. The van der Waals surface area contributed by atoms with Crippen LogP contribution in [0, 0.1) is 5.92 Å². The fourth-order valence-corrected chi connectivity index (χ4v) is 2.85. The van der Waals surface area contributed by atoms with Crippen molar-refractivity contribution in [2.24, 2.45) is 5.92 Å². The number of hydrogen-bond donors (Lipinski definition) is 2. The molecule has 2 aliphatic heterocycles. The van der Waals surface area contributed by atoms with Gasteiger partial charge in [0, 0.05) is 19.1 Å². The Balaban J connectivity index is 1.92. The molecule has 2 saturated heterocycles. The molecule has 0 aromatic carbocycles. The molecule has 3 heteroatoms. The maximum absolute atomic E-state index is 9.64. The molecule has 3 unspecified atom stereocenters. The van der Waals surface area contributed by atoms with Crippen LogP contribution in [0.4, 0.5) is 0 Å². The van der Waals surface area contributed by atoms with Gasteiger partial charge in [-0.15, -0.1) is 0 Å². The van der Waals surface area contributed by atoms with Crippen molar-refractivity contribution in [3.63, 3.8) is 0 Å². The van der Waals surface area contributed by atoms with Crippen molar-refractivity contribution in [1.29, 1.82) is 0 Å². The Bertz CT molecular complexity index is 186. The number of nitrogens with one attached hydrogen (secondary N) is 1. The predicted octanol–water partition coefficient (Wildman–Crippen LogP) is 0.441. The van der Waals surface area contributed by atoms with Gasteiger partial charge in [-0.05, 0) is 31.8 Å². The first-order valence-corrected chi connectivity index (χ1v) is 5.94. The third-order valence-electron chi connectivity index (χ3n) is 3.73. The number of hydrogen-bond acceptors (Lipinski definition) is 3. The highest BCUT2D eigenvalue weighted by molar-refractivity contribution is 4.90. The molecule has 2 fully saturated rings. The Kier molecular flexibility index (Phi) is 3.42. The SMILES string of the molecule is CCC1CNCC1N1CCCC(O)C1. The minimum Gasteiger partial charge on any atom is -0.392 e. The van der Waals surface area contributed by atoms with Crippen LogP contribution in [0.3, 0.4) is 0 Å². The molecule has 0 spiro atoms. The van der Waals surface area contributed by atoms with Gasteiger partial charge in [0.2, 0.25) is 0 Å². The molecule has 2 rings (SSSR count). The van der Waals surface area contributed by atoms with Gasteiger partial charge in [0.1, 0.15) is 0 Å². The lowest BCUT2D eigenvalue weighted by atomic mass is 9.96. The number of aliphatic hydroxyl groups is 1. The lowest BCUT2D eigenvalue weighted by molar-refractivity contribution is 0.0398. The van der Waals surface area contributed by atoms with E-state index >= 15 is 0 Å². The molecular weight excluding hydrogens is 176 g/mol. The summed E-state index contributed by atoms with van der Waals surface area (Å²) in [6.07, 6.45) is 3.33. The summed E-state index contributed by atoms with van der Waals surface area (Å²) < 4.78 is 0. The van der Waals surface area contributed by atoms with Crippen molar-refractivity contribution >= 4 is 0 Å². The van der Waals surface area contributed by atoms with Gasteiger partial charge in [0.15, 0.2) is 0 Å². The Morgan fingerprint density at radius 1 is 1.43 bits per heavy atom. The largest absolute Gasteiger partial charge is 0.392 e. The first kappa shape index (κ1) is 10.4. The maximum atomic E-state index is 9.64. The molecular formula is C11H22N2O. The summed E-state index contributed by atoms with van der Waals surface area (Å²) in [5.41, 5.74) is 0. The van der Waals surface area contributed by atoms with Gasteiger partial charge in [-0.25, -0.2) is 0 Å². The van der Waals surface area contributed by atoms with E-state index in [1.54, 1.807) is 0 Å². The standard InChI is InChI=1S/C11H22N2O/c1-2-9-6-12-7-11(9)13-5-3-4-10(14)8-13/h9-12,14H,2-8H2,1H3. The van der Waals surface area contributed by atoms with Gasteiger partial charge in [-0.1, -0.05) is 13.3 Å². The van der Waals surface area contributed by atoms with Crippen LogP contribution in [0.1, 0.15) is 26.2 Å². The highest BCUT2D eigenvalue weighted by Crippen LogP contribution is 2.22. The summed E-state index contributed by atoms with van der Waals surface area (Å²) in [4.78, 5) is 2.49. The monoisotopic (exact) mass is 198 g/mol. The molecule has 14 heavy (non-hydrogen) atoms. The maximum Gasteiger partial charge on any atom is 0.0667 e. The van der Waals surface area contributed by atoms with Gasteiger partial charge in [0.05, 0.1) is 6.10 Å². The molecule has 0 radical (unpaired) electrons. The molecule has 0 aromatic heterocycles. The van der Waals surface area contributed by atoms with Crippen LogP contribution in [0.25, 0.3) is 0 Å². The molecule has 2 aliphatic rings. The third-order valence-corrected chi connectivity index (χ3v) is 3.73. The Morgan fingerprint density at radius 2 is 2.29 bits per heavy atom. The molecule has 2 N–H and O–H groups in total. The van der Waals surface area contributed by atoms with E-state index < -0.39 is 0 Å². The van der Waals surface area contributed by atoms with E-state index in [0.29, 0.717) is 6.04 Å². The number of β-amino-alcohol motifs (C(OH)–C–C–N with tert-alkyl or cyclic N) is 1. The summed E-state index contributed by atoms with van der Waals surface area (Å²) in [5, 5.41) is 13.1. The summed E-state index contributed by atoms with van der Waals surface area (Å²) in [5.74, 6) is 0.792. The van der Waals surface area contributed by atoms with Crippen molar-refractivity contribution in [2.75, 3.05) is 26.2 Å². The zero-order valence-corrected chi connectivity index (χ0v) is 9.08. The molecule has 0 saturated carbocycles. The molecule has 0 amide bonds. The van der Waals surface area contributed by atoms with Crippen LogP contribution in [0.5, 0.6) is 0 Å². The average molecular weight is 198 g/mol. The average Bonchev–Trinajstić information content (AvgIpc) is 2.65. The van der Waals surface area contributed by atoms with Crippen LogP contribution in [-0.4, -0.2) is 48.3 Å². The minimum absolute atomic E-state index is 0.0816. The summed E-state index contributed by atoms with van der Waals surface area (Å²) in [6.45, 7) is 6.62. The lowest BCUT2D eigenvalue weighted by Crippen LogP contribution is -2.47. The van der Waals surface area contributed by atoms with Gasteiger partial charge >= 0.3 is 0 Å². The van der Waals surface area contributed by atoms with Crippen molar-refractivity contribution in [3.05, 3.63) is 0 Å². The van der Waals surface area contributed by atoms with Crippen molar-refractivity contribution in [2.45, 2.75) is 38.3 Å². The van der Waals surface area contributed by atoms with Gasteiger partial charge in [-0.3, -0.25) is 4.90 Å². The van der Waals surface area contributed by atoms with Crippen molar-refractivity contribution < 1.29 is 5.11 Å². The Morgan fingerprint density at radius 3 is 3.00 bits per heavy atom. The number of nitrogens with zero attached hydrogens (tertiary/aromatic N) is 1. The number of rotatable bonds is 2. The van der Waals surface area contributed by atoms with Crippen LogP contribution in [0.15, 0.2) is 0 Å². The second-order valence-corrected chi connectivity index (χ2v) is 4.68. The first-order valence-electron chi connectivity index (χ1n) is 5.94. The van der Waals surface area contributed by atoms with E-state index in [1.807, 2.05) is 0 Å². The molecule has 2 heterocycles. The van der Waals surface area contributed by atoms with Gasteiger partial charge in [-0.2, -0.15) is 0 Å². The predicted molar refractivity (Wildman–Crippen MR) is 57.3 cm³/mol. The minimum atomic E-state index is -0.0816. The van der Waals surface area contributed by atoms with E-state index in [9.17, 15) is 5.11 Å². The molecule has 0 aromatic rings. The zero-order valence-electron chi connectivity index (χ0n) is 9.08. The van der Waals surface area contributed by atoms with Crippen molar-refractivity contribution in [1.82, 2.24) is 10.2 Å². The molecule has 3 nitrogen and oxygen atoms in total. The smallest absolute Gasteiger partial charge is 0.0667 e. The Labute approximate surface area is 86.5 Å². The third kappa shape index (κ3) is 2.10. The van der Waals surface area contributed by atoms with Crippen LogP contribution < -0.4 is 5.32 Å². The van der Waals surface area contributed by atoms with Gasteiger partial charge < -0.3 is 10.4 Å². The van der Waals surface area contributed by atoms with E-state index in [0.717, 1.165) is 38.4 Å². The quantitative estimate of drug-likeness (QED) is 0.676. The van der Waals surface area contributed by atoms with Crippen LogP contribution in [-0.2, 0) is 0 Å². The fourth-order valence-electron chi connectivity index (χ4n) is 2.85. The molecule has 0 bridgehead atoms. The number of likely N-dealkylation sites (tertiary alicyclic amines) is 1. The van der Waals surface area contributed by atoms with Crippen LogP contribution >= 0.6 is 0 Å². The topological polar surface area (TPSA) is 35.5 Å². The lowest BCUT2D eigenvalue weighted by Gasteiger charge is -2.37. The normalized spacial score (nSPS) is 40.3. The summed E-state index contributed by atoms with van der Waals surface area (Å²) in [6, 6.07) is 0.676. The highest BCUT2D eigenvalue weighted by atomic mass is 16.3. The Hall–Kier alpha value is -0.120. The van der Waals surface area contributed by atoms with E-state index in [2.05, 4.69) is 17.1 Å². The highest BCUT2D eigenvalue weighted by Gasteiger charge is 2.32. The molecule has 82 valence electrons. The zero-order chi connectivity index (χ0) is 9.97.